The molecular weight excluding hydrogens is 338 g/mol. The van der Waals surface area contributed by atoms with Gasteiger partial charge in [0, 0.05) is 38.7 Å². The third-order valence-corrected chi connectivity index (χ3v) is 5.38. The van der Waals surface area contributed by atoms with Crippen molar-refractivity contribution in [2.24, 2.45) is 5.92 Å². The minimum atomic E-state index is -1.15. The molecule has 4 heterocycles. The van der Waals surface area contributed by atoms with Gasteiger partial charge in [-0.2, -0.15) is 5.10 Å². The number of carbonyl (C=O) groups excluding carboxylic acids is 1. The van der Waals surface area contributed by atoms with Crippen LogP contribution < -0.4 is 0 Å². The Labute approximate surface area is 150 Å². The molecule has 0 saturated carbocycles. The second-order valence-corrected chi connectivity index (χ2v) is 6.85. The Hall–Kier alpha value is -2.61. The van der Waals surface area contributed by atoms with Crippen LogP contribution in [0.3, 0.4) is 0 Å². The van der Waals surface area contributed by atoms with Crippen LogP contribution in [0.4, 0.5) is 0 Å². The lowest BCUT2D eigenvalue weighted by molar-refractivity contribution is -0.154. The molecule has 4 rings (SSSR count). The number of furan rings is 1. The van der Waals surface area contributed by atoms with Crippen molar-refractivity contribution >= 4 is 11.9 Å². The van der Waals surface area contributed by atoms with E-state index >= 15 is 0 Å². The number of carboxylic acids is 1. The molecule has 2 saturated heterocycles. The number of carboxylic acid groups (broad SMARTS) is 1. The molecule has 2 aliphatic rings. The van der Waals surface area contributed by atoms with E-state index in [0.29, 0.717) is 50.6 Å². The highest BCUT2D eigenvalue weighted by Gasteiger charge is 2.45. The normalized spacial score (nSPS) is 22.5. The third-order valence-electron chi connectivity index (χ3n) is 5.38. The van der Waals surface area contributed by atoms with Crippen LogP contribution >= 0.6 is 0 Å². The average Bonchev–Trinajstić information content (AvgIpc) is 3.43. The molecule has 2 aromatic rings. The van der Waals surface area contributed by atoms with Crippen molar-refractivity contribution < 1.29 is 23.8 Å². The number of hydrogen-bond acceptors (Lipinski definition) is 5. The van der Waals surface area contributed by atoms with Crippen LogP contribution in [-0.2, 0) is 19.9 Å². The highest BCUT2D eigenvalue weighted by Crippen LogP contribution is 2.32. The molecule has 2 aliphatic heterocycles. The number of ether oxygens (including phenoxy) is 1. The van der Waals surface area contributed by atoms with E-state index in [1.165, 1.54) is 4.68 Å². The highest BCUT2D eigenvalue weighted by atomic mass is 16.5. The monoisotopic (exact) mass is 359 g/mol. The summed E-state index contributed by atoms with van der Waals surface area (Å²) in [6.07, 6.45) is 4.61. The lowest BCUT2D eigenvalue weighted by Crippen LogP contribution is -2.53. The molecule has 0 bridgehead atoms. The number of carbonyl (C=O) groups is 2. The molecule has 1 unspecified atom stereocenters. The molecule has 0 aliphatic carbocycles. The summed E-state index contributed by atoms with van der Waals surface area (Å²) in [7, 11) is 0. The molecule has 26 heavy (non-hydrogen) atoms. The zero-order valence-electron chi connectivity index (χ0n) is 14.3. The van der Waals surface area contributed by atoms with E-state index in [-0.39, 0.29) is 11.8 Å². The first-order chi connectivity index (χ1) is 12.6. The molecule has 0 aromatic carbocycles. The van der Waals surface area contributed by atoms with Crippen LogP contribution in [-0.4, -0.2) is 58.0 Å². The maximum Gasteiger partial charge on any atom is 0.331 e. The largest absolute Gasteiger partial charge is 0.479 e. The van der Waals surface area contributed by atoms with Crippen molar-refractivity contribution in [1.29, 1.82) is 0 Å². The number of aromatic nitrogens is 2. The maximum absolute atomic E-state index is 12.5. The maximum atomic E-state index is 12.5. The number of piperidine rings is 1. The Morgan fingerprint density at radius 3 is 2.69 bits per heavy atom. The van der Waals surface area contributed by atoms with Crippen molar-refractivity contribution in [2.75, 3.05) is 26.3 Å². The molecular formula is C18H21N3O5. The molecule has 1 N–H and O–H groups in total. The topological polar surface area (TPSA) is 97.8 Å². The van der Waals surface area contributed by atoms with Gasteiger partial charge in [0.2, 0.25) is 5.91 Å². The Balaban J connectivity index is 1.52. The summed E-state index contributed by atoms with van der Waals surface area (Å²) in [5.41, 5.74) is -0.550. The van der Waals surface area contributed by atoms with Crippen LogP contribution in [0.1, 0.15) is 19.3 Å². The first-order valence-electron chi connectivity index (χ1n) is 8.80. The van der Waals surface area contributed by atoms with E-state index in [0.717, 1.165) is 6.42 Å². The average molecular weight is 359 g/mol. The van der Waals surface area contributed by atoms with Crippen LogP contribution in [0, 0.1) is 5.92 Å². The van der Waals surface area contributed by atoms with Gasteiger partial charge < -0.3 is 19.2 Å². The first kappa shape index (κ1) is 16.8. The van der Waals surface area contributed by atoms with E-state index in [1.54, 1.807) is 35.6 Å². The summed E-state index contributed by atoms with van der Waals surface area (Å²) >= 11 is 0. The van der Waals surface area contributed by atoms with Gasteiger partial charge in [0.1, 0.15) is 5.69 Å². The van der Waals surface area contributed by atoms with E-state index in [9.17, 15) is 14.7 Å². The van der Waals surface area contributed by atoms with Crippen molar-refractivity contribution in [1.82, 2.24) is 14.7 Å². The number of nitrogens with zero attached hydrogens (tertiary/aromatic N) is 3. The number of likely N-dealkylation sites (tertiary alicyclic amines) is 1. The SMILES string of the molecule is O=C(C1CCOC1)N1CCC(C(=O)O)(n2ccc(-c3ccco3)n2)CC1. The van der Waals surface area contributed by atoms with E-state index < -0.39 is 11.5 Å². The van der Waals surface area contributed by atoms with Gasteiger partial charge in [-0.15, -0.1) is 0 Å². The standard InChI is InChI=1S/C18H21N3O5/c22-16(13-4-11-25-12-13)20-8-5-18(6-9-20,17(23)24)21-7-3-14(19-21)15-2-1-10-26-15/h1-3,7,10,13H,4-6,8-9,11-12H2,(H,23,24). The fourth-order valence-corrected chi connectivity index (χ4v) is 3.74. The minimum Gasteiger partial charge on any atom is -0.479 e. The van der Waals surface area contributed by atoms with E-state index in [2.05, 4.69) is 5.10 Å². The van der Waals surface area contributed by atoms with Gasteiger partial charge in [0.25, 0.3) is 0 Å². The van der Waals surface area contributed by atoms with Crippen molar-refractivity contribution in [3.8, 4) is 11.5 Å². The second-order valence-electron chi connectivity index (χ2n) is 6.85. The van der Waals surface area contributed by atoms with Crippen LogP contribution in [0.15, 0.2) is 35.1 Å². The minimum absolute atomic E-state index is 0.0678. The van der Waals surface area contributed by atoms with Crippen LogP contribution in [0.5, 0.6) is 0 Å². The Kier molecular flexibility index (Phi) is 4.28. The second kappa shape index (κ2) is 6.60. The zero-order chi connectivity index (χ0) is 18.1. The fraction of sp³-hybridized carbons (Fsp3) is 0.500. The molecule has 2 aromatic heterocycles. The van der Waals surface area contributed by atoms with E-state index in [1.807, 2.05) is 0 Å². The predicted molar refractivity (Wildman–Crippen MR) is 90.3 cm³/mol. The summed E-state index contributed by atoms with van der Waals surface area (Å²) in [6.45, 7) is 1.88. The van der Waals surface area contributed by atoms with Gasteiger partial charge in [0.15, 0.2) is 11.3 Å². The highest BCUT2D eigenvalue weighted by molar-refractivity contribution is 5.81. The lowest BCUT2D eigenvalue weighted by atomic mass is 9.87. The van der Waals surface area contributed by atoms with Crippen molar-refractivity contribution in [3.05, 3.63) is 30.7 Å². The van der Waals surface area contributed by atoms with Gasteiger partial charge in [-0.1, -0.05) is 0 Å². The summed E-state index contributed by atoms with van der Waals surface area (Å²) < 4.78 is 12.1. The van der Waals surface area contributed by atoms with E-state index in [4.69, 9.17) is 9.15 Å². The summed E-state index contributed by atoms with van der Waals surface area (Å²) in [4.78, 5) is 26.4. The number of amides is 1. The van der Waals surface area contributed by atoms with Crippen molar-refractivity contribution in [2.45, 2.75) is 24.8 Å². The smallest absolute Gasteiger partial charge is 0.331 e. The fourth-order valence-electron chi connectivity index (χ4n) is 3.74. The van der Waals surface area contributed by atoms with Crippen LogP contribution in [0.25, 0.3) is 11.5 Å². The summed E-state index contributed by atoms with van der Waals surface area (Å²) in [6, 6.07) is 5.29. The number of aliphatic carboxylic acids is 1. The van der Waals surface area contributed by atoms with Crippen LogP contribution in [0.2, 0.25) is 0 Å². The number of hydrogen-bond donors (Lipinski definition) is 1. The predicted octanol–water partition coefficient (Wildman–Crippen LogP) is 1.58. The summed E-state index contributed by atoms with van der Waals surface area (Å²) in [5, 5.41) is 14.3. The molecule has 1 amide bonds. The summed E-state index contributed by atoms with van der Waals surface area (Å²) in [5.74, 6) is -0.359. The molecule has 2 fully saturated rings. The lowest BCUT2D eigenvalue weighted by Gasteiger charge is -2.39. The Bertz CT molecular complexity index is 784. The van der Waals surface area contributed by atoms with Gasteiger partial charge in [0.05, 0.1) is 18.8 Å². The molecule has 1 atom stereocenters. The van der Waals surface area contributed by atoms with Crippen molar-refractivity contribution in [3.63, 3.8) is 0 Å². The Morgan fingerprint density at radius 1 is 1.27 bits per heavy atom. The quantitative estimate of drug-likeness (QED) is 0.890. The molecule has 138 valence electrons. The van der Waals surface area contributed by atoms with Gasteiger partial charge >= 0.3 is 5.97 Å². The molecule has 0 radical (unpaired) electrons. The molecule has 8 heteroatoms. The van der Waals surface area contributed by atoms with Gasteiger partial charge in [-0.05, 0) is 24.6 Å². The first-order valence-corrected chi connectivity index (χ1v) is 8.80. The third kappa shape index (κ3) is 2.80. The Morgan fingerprint density at radius 2 is 2.08 bits per heavy atom. The molecule has 0 spiro atoms. The van der Waals surface area contributed by atoms with Gasteiger partial charge in [-0.25, -0.2) is 4.79 Å². The van der Waals surface area contributed by atoms with Gasteiger partial charge in [-0.3, -0.25) is 9.48 Å². The zero-order valence-corrected chi connectivity index (χ0v) is 14.3. The number of rotatable bonds is 4. The molecule has 8 nitrogen and oxygen atoms in total.